The van der Waals surface area contributed by atoms with Crippen molar-refractivity contribution >= 4 is 40.0 Å². The maximum Gasteiger partial charge on any atom is 0.335 e. The maximum absolute atomic E-state index is 10.8. The van der Waals surface area contributed by atoms with Crippen LogP contribution in [0.2, 0.25) is 0 Å². The fourth-order valence-electron chi connectivity index (χ4n) is 1.72. The van der Waals surface area contributed by atoms with Crippen molar-refractivity contribution < 1.29 is 19.8 Å². The molecular formula is C16H11BrO4. The molecule has 0 fully saturated rings. The minimum absolute atomic E-state index is 0.213. The van der Waals surface area contributed by atoms with Crippen molar-refractivity contribution in [3.63, 3.8) is 0 Å². The van der Waals surface area contributed by atoms with Gasteiger partial charge in [0.05, 0.1) is 11.1 Å². The number of hydrogen-bond acceptors (Lipinski definition) is 2. The van der Waals surface area contributed by atoms with E-state index in [1.54, 1.807) is 18.2 Å². The second-order valence-electron chi connectivity index (χ2n) is 4.30. The van der Waals surface area contributed by atoms with E-state index in [9.17, 15) is 9.59 Å². The fourth-order valence-corrected chi connectivity index (χ4v) is 2.23. The number of halogens is 1. The Hall–Kier alpha value is -2.40. The average Bonchev–Trinajstić information content (AvgIpc) is 2.46. The zero-order valence-electron chi connectivity index (χ0n) is 10.8. The maximum atomic E-state index is 10.8. The lowest BCUT2D eigenvalue weighted by molar-refractivity contribution is 0.0686. The molecule has 2 N–H and O–H groups in total. The van der Waals surface area contributed by atoms with E-state index in [0.717, 1.165) is 11.1 Å². The first-order valence-corrected chi connectivity index (χ1v) is 6.81. The van der Waals surface area contributed by atoms with Crippen LogP contribution in [0.3, 0.4) is 0 Å². The van der Waals surface area contributed by atoms with Crippen molar-refractivity contribution in [1.29, 1.82) is 0 Å². The number of carbonyl (C=O) groups is 2. The molecule has 2 aromatic rings. The van der Waals surface area contributed by atoms with Gasteiger partial charge in [-0.3, -0.25) is 0 Å². The van der Waals surface area contributed by atoms with Crippen LogP contribution in [0.15, 0.2) is 46.9 Å². The molecular weight excluding hydrogens is 336 g/mol. The number of benzene rings is 2. The van der Waals surface area contributed by atoms with E-state index in [-0.39, 0.29) is 11.1 Å². The zero-order valence-corrected chi connectivity index (χ0v) is 12.4. The SMILES string of the molecule is O=C(O)c1ccc(/C=C/c2ccc(C(=O)O)cc2Br)cc1. The molecule has 0 saturated carbocycles. The van der Waals surface area contributed by atoms with Crippen molar-refractivity contribution in [2.24, 2.45) is 0 Å². The van der Waals surface area contributed by atoms with Crippen LogP contribution in [-0.4, -0.2) is 22.2 Å². The van der Waals surface area contributed by atoms with Crippen LogP contribution in [0.4, 0.5) is 0 Å². The number of carboxylic acids is 2. The normalized spacial score (nSPS) is 10.7. The third-order valence-corrected chi connectivity index (χ3v) is 3.55. The highest BCUT2D eigenvalue weighted by Crippen LogP contribution is 2.21. The van der Waals surface area contributed by atoms with Gasteiger partial charge in [0.15, 0.2) is 0 Å². The molecule has 21 heavy (non-hydrogen) atoms. The van der Waals surface area contributed by atoms with E-state index >= 15 is 0 Å². The average molecular weight is 347 g/mol. The van der Waals surface area contributed by atoms with E-state index < -0.39 is 11.9 Å². The summed E-state index contributed by atoms with van der Waals surface area (Å²) in [6.07, 6.45) is 3.65. The topological polar surface area (TPSA) is 74.6 Å². The Morgan fingerprint density at radius 2 is 1.43 bits per heavy atom. The van der Waals surface area contributed by atoms with Crippen LogP contribution in [0, 0.1) is 0 Å². The van der Waals surface area contributed by atoms with Crippen LogP contribution in [0.5, 0.6) is 0 Å². The standard InChI is InChI=1S/C16H11BrO4/c17-14-9-13(16(20)21)8-7-11(14)4-1-10-2-5-12(6-3-10)15(18)19/h1-9H,(H,18,19)(H,20,21)/b4-1+. The quantitative estimate of drug-likeness (QED) is 0.820. The third-order valence-electron chi connectivity index (χ3n) is 2.86. The molecule has 0 saturated heterocycles. The Labute approximate surface area is 129 Å². The molecule has 5 heteroatoms. The Morgan fingerprint density at radius 1 is 0.857 bits per heavy atom. The first-order chi connectivity index (χ1) is 9.97. The Kier molecular flexibility index (Phi) is 4.55. The molecule has 0 aliphatic rings. The Morgan fingerprint density at radius 3 is 1.95 bits per heavy atom. The van der Waals surface area contributed by atoms with Crippen molar-refractivity contribution in [3.8, 4) is 0 Å². The monoisotopic (exact) mass is 346 g/mol. The highest BCUT2D eigenvalue weighted by Gasteiger charge is 2.05. The van der Waals surface area contributed by atoms with Gasteiger partial charge in [-0.15, -0.1) is 0 Å². The Balaban J connectivity index is 2.21. The molecule has 0 bridgehead atoms. The van der Waals surface area contributed by atoms with Gasteiger partial charge in [0.2, 0.25) is 0 Å². The number of aromatic carboxylic acids is 2. The second kappa shape index (κ2) is 6.37. The summed E-state index contributed by atoms with van der Waals surface area (Å²) >= 11 is 3.33. The summed E-state index contributed by atoms with van der Waals surface area (Å²) in [6, 6.07) is 11.2. The highest BCUT2D eigenvalue weighted by molar-refractivity contribution is 9.10. The summed E-state index contributed by atoms with van der Waals surface area (Å²) < 4.78 is 0.681. The zero-order chi connectivity index (χ0) is 15.4. The molecule has 0 heterocycles. The molecule has 2 aromatic carbocycles. The molecule has 106 valence electrons. The molecule has 0 aliphatic carbocycles. The summed E-state index contributed by atoms with van der Waals surface area (Å²) in [6.45, 7) is 0. The van der Waals surface area contributed by atoms with Crippen LogP contribution >= 0.6 is 15.9 Å². The van der Waals surface area contributed by atoms with Crippen LogP contribution in [0.1, 0.15) is 31.8 Å². The number of hydrogen-bond donors (Lipinski definition) is 2. The van der Waals surface area contributed by atoms with Gasteiger partial charge < -0.3 is 10.2 Å². The molecule has 0 atom stereocenters. The van der Waals surface area contributed by atoms with E-state index in [1.807, 2.05) is 12.2 Å². The summed E-state index contributed by atoms with van der Waals surface area (Å²) in [5, 5.41) is 17.7. The van der Waals surface area contributed by atoms with Gasteiger partial charge in [-0.05, 0) is 35.4 Å². The van der Waals surface area contributed by atoms with E-state index in [4.69, 9.17) is 10.2 Å². The second-order valence-corrected chi connectivity index (χ2v) is 5.16. The predicted octanol–water partition coefficient (Wildman–Crippen LogP) is 4.02. The molecule has 0 amide bonds. The van der Waals surface area contributed by atoms with Gasteiger partial charge in [-0.2, -0.15) is 0 Å². The summed E-state index contributed by atoms with van der Waals surface area (Å²) in [5.74, 6) is -1.94. The molecule has 0 radical (unpaired) electrons. The van der Waals surface area contributed by atoms with Crippen LogP contribution in [0.25, 0.3) is 12.2 Å². The first-order valence-electron chi connectivity index (χ1n) is 6.01. The molecule has 4 nitrogen and oxygen atoms in total. The molecule has 0 spiro atoms. The lowest BCUT2D eigenvalue weighted by Crippen LogP contribution is -1.96. The molecule has 2 rings (SSSR count). The molecule has 0 unspecified atom stereocenters. The first kappa shape index (κ1) is 15.0. The molecule has 0 aliphatic heterocycles. The van der Waals surface area contributed by atoms with Crippen LogP contribution < -0.4 is 0 Å². The van der Waals surface area contributed by atoms with Gasteiger partial charge in [0.1, 0.15) is 0 Å². The predicted molar refractivity (Wildman–Crippen MR) is 83.4 cm³/mol. The highest BCUT2D eigenvalue weighted by atomic mass is 79.9. The van der Waals surface area contributed by atoms with E-state index in [2.05, 4.69) is 15.9 Å². The minimum Gasteiger partial charge on any atom is -0.478 e. The van der Waals surface area contributed by atoms with Crippen molar-refractivity contribution in [3.05, 3.63) is 69.2 Å². The smallest absolute Gasteiger partial charge is 0.335 e. The van der Waals surface area contributed by atoms with Gasteiger partial charge in [0, 0.05) is 4.47 Å². The van der Waals surface area contributed by atoms with Gasteiger partial charge in [-0.25, -0.2) is 9.59 Å². The van der Waals surface area contributed by atoms with Crippen molar-refractivity contribution in [1.82, 2.24) is 0 Å². The lowest BCUT2D eigenvalue weighted by atomic mass is 10.1. The van der Waals surface area contributed by atoms with Crippen molar-refractivity contribution in [2.75, 3.05) is 0 Å². The largest absolute Gasteiger partial charge is 0.478 e. The van der Waals surface area contributed by atoms with Gasteiger partial charge in [-0.1, -0.05) is 46.3 Å². The summed E-state index contributed by atoms with van der Waals surface area (Å²) in [7, 11) is 0. The lowest BCUT2D eigenvalue weighted by Gasteiger charge is -2.01. The minimum atomic E-state index is -0.976. The Bertz CT molecular complexity index is 718. The molecule has 0 aromatic heterocycles. The third kappa shape index (κ3) is 3.79. The van der Waals surface area contributed by atoms with E-state index in [0.29, 0.717) is 4.47 Å². The fraction of sp³-hybridized carbons (Fsp3) is 0. The summed E-state index contributed by atoms with van der Waals surface area (Å²) in [5.41, 5.74) is 2.14. The number of rotatable bonds is 4. The van der Waals surface area contributed by atoms with Crippen LogP contribution in [-0.2, 0) is 0 Å². The van der Waals surface area contributed by atoms with Crippen molar-refractivity contribution in [2.45, 2.75) is 0 Å². The van der Waals surface area contributed by atoms with E-state index in [1.165, 1.54) is 24.3 Å². The number of carboxylic acid groups (broad SMARTS) is 2. The summed E-state index contributed by atoms with van der Waals surface area (Å²) in [4.78, 5) is 21.6. The van der Waals surface area contributed by atoms with Gasteiger partial charge in [0.25, 0.3) is 0 Å². The van der Waals surface area contributed by atoms with Gasteiger partial charge >= 0.3 is 11.9 Å².